The van der Waals surface area contributed by atoms with Crippen molar-refractivity contribution in [2.75, 3.05) is 27.7 Å². The predicted octanol–water partition coefficient (Wildman–Crippen LogP) is 7.98. The molecule has 0 amide bonds. The zero-order valence-corrected chi connectivity index (χ0v) is 25.2. The second-order valence-electron chi connectivity index (χ2n) is 10.0. The second-order valence-corrected chi connectivity index (χ2v) is 10.0. The number of nitrogens with one attached hydrogen (secondary N) is 2. The third kappa shape index (κ3) is 8.54. The molecule has 2 aromatic carbocycles. The first kappa shape index (κ1) is 32.4. The molecule has 2 aromatic rings. The molecule has 0 aliphatic rings. The van der Waals surface area contributed by atoms with Crippen LogP contribution in [0.25, 0.3) is 0 Å². The van der Waals surface area contributed by atoms with E-state index >= 15 is 0 Å². The monoisotopic (exact) mass is 468 g/mol. The van der Waals surface area contributed by atoms with Crippen LogP contribution in [0.4, 0.5) is 0 Å². The van der Waals surface area contributed by atoms with Gasteiger partial charge in [0.05, 0.1) is 0 Å². The van der Waals surface area contributed by atoms with Crippen molar-refractivity contribution >= 4 is 0 Å². The molecular weight excluding hydrogens is 412 g/mol. The van der Waals surface area contributed by atoms with E-state index in [0.29, 0.717) is 0 Å². The number of hydrogen-bond acceptors (Lipinski definition) is 2. The summed E-state index contributed by atoms with van der Waals surface area (Å²) in [7, 11) is 5.76. The van der Waals surface area contributed by atoms with E-state index in [2.05, 4.69) is 86.8 Å². The molecule has 34 heavy (non-hydrogen) atoms. The van der Waals surface area contributed by atoms with Crippen LogP contribution >= 0.6 is 0 Å². The van der Waals surface area contributed by atoms with Crippen LogP contribution in [-0.2, 0) is 6.42 Å². The summed E-state index contributed by atoms with van der Waals surface area (Å²) >= 11 is 0. The van der Waals surface area contributed by atoms with Gasteiger partial charge in [-0.1, -0.05) is 26.2 Å². The van der Waals surface area contributed by atoms with Gasteiger partial charge in [-0.15, -0.1) is 0 Å². The van der Waals surface area contributed by atoms with Gasteiger partial charge in [0, 0.05) is 0 Å². The summed E-state index contributed by atoms with van der Waals surface area (Å²) in [6.45, 7) is 26.2. The SMILES string of the molecule is CCCCCCNC.CNC.Cc1c(C)c(C)c(Cc2c(C)c(C)c(C)c(C)c2C)c(C)c1C. The average molecular weight is 469 g/mol. The van der Waals surface area contributed by atoms with E-state index in [1.54, 1.807) is 0 Å². The fourth-order valence-corrected chi connectivity index (χ4v) is 4.59. The Morgan fingerprint density at radius 3 is 1.00 bits per heavy atom. The first-order valence-corrected chi connectivity index (χ1v) is 13.3. The molecule has 0 aliphatic heterocycles. The molecule has 2 heteroatoms. The van der Waals surface area contributed by atoms with Crippen LogP contribution in [0.1, 0.15) is 99.4 Å². The van der Waals surface area contributed by atoms with Gasteiger partial charge in [-0.3, -0.25) is 0 Å². The highest BCUT2D eigenvalue weighted by Crippen LogP contribution is 2.32. The molecule has 0 aromatic heterocycles. The molecule has 0 radical (unpaired) electrons. The van der Waals surface area contributed by atoms with Crippen molar-refractivity contribution in [3.05, 3.63) is 66.8 Å². The number of rotatable bonds is 7. The molecule has 2 nitrogen and oxygen atoms in total. The lowest BCUT2D eigenvalue weighted by Gasteiger charge is -2.23. The molecule has 194 valence electrons. The number of hydrogen-bond donors (Lipinski definition) is 2. The van der Waals surface area contributed by atoms with Crippen LogP contribution in [0, 0.1) is 69.2 Å². The van der Waals surface area contributed by atoms with E-state index in [1.807, 2.05) is 21.1 Å². The summed E-state index contributed by atoms with van der Waals surface area (Å²) in [6, 6.07) is 0. The van der Waals surface area contributed by atoms with Crippen molar-refractivity contribution in [3.8, 4) is 0 Å². The molecule has 0 fully saturated rings. The second kappa shape index (κ2) is 16.1. The van der Waals surface area contributed by atoms with Gasteiger partial charge in [-0.05, 0) is 177 Å². The summed E-state index contributed by atoms with van der Waals surface area (Å²) < 4.78 is 0. The molecule has 0 bridgehead atoms. The standard InChI is InChI=1S/C23H32.C7H17N.C2H7N/c1-12-14(3)18(7)22(19(8)15(12)4)11-23-20(9)16(5)13(2)17(6)21(23)10;1-3-4-5-6-7-8-2;1-3-2/h11H2,1-10H3;8H,3-7H2,1-2H3;3H,1-2H3. The zero-order valence-electron chi connectivity index (χ0n) is 25.2. The van der Waals surface area contributed by atoms with Gasteiger partial charge in [-0.2, -0.15) is 0 Å². The minimum absolute atomic E-state index is 1.05. The number of benzene rings is 2. The number of unbranched alkanes of at least 4 members (excludes halogenated alkanes) is 3. The fourth-order valence-electron chi connectivity index (χ4n) is 4.59. The van der Waals surface area contributed by atoms with Crippen molar-refractivity contribution in [2.24, 2.45) is 0 Å². The van der Waals surface area contributed by atoms with Crippen molar-refractivity contribution in [3.63, 3.8) is 0 Å². The molecule has 0 heterocycles. The molecule has 0 aliphatic carbocycles. The third-order valence-electron chi connectivity index (χ3n) is 7.94. The molecule has 0 atom stereocenters. The van der Waals surface area contributed by atoms with E-state index in [1.165, 1.54) is 99.0 Å². The first-order valence-electron chi connectivity index (χ1n) is 13.3. The summed E-state index contributed by atoms with van der Waals surface area (Å²) in [6.07, 6.45) is 6.51. The van der Waals surface area contributed by atoms with Gasteiger partial charge in [0.15, 0.2) is 0 Å². The lowest BCUT2D eigenvalue weighted by atomic mass is 9.82. The Labute approximate surface area is 213 Å². The normalized spacial score (nSPS) is 10.4. The van der Waals surface area contributed by atoms with E-state index in [-0.39, 0.29) is 0 Å². The van der Waals surface area contributed by atoms with Gasteiger partial charge in [0.25, 0.3) is 0 Å². The predicted molar refractivity (Wildman–Crippen MR) is 156 cm³/mol. The Hall–Kier alpha value is -1.64. The minimum Gasteiger partial charge on any atom is -0.323 e. The van der Waals surface area contributed by atoms with Crippen LogP contribution in [-0.4, -0.2) is 27.7 Å². The largest absolute Gasteiger partial charge is 0.323 e. The van der Waals surface area contributed by atoms with Crippen molar-refractivity contribution in [2.45, 2.75) is 108 Å². The highest BCUT2D eigenvalue weighted by atomic mass is 14.8. The van der Waals surface area contributed by atoms with Crippen LogP contribution in [0.15, 0.2) is 0 Å². The molecule has 2 rings (SSSR count). The van der Waals surface area contributed by atoms with E-state index in [4.69, 9.17) is 0 Å². The average Bonchev–Trinajstić information content (AvgIpc) is 2.82. The van der Waals surface area contributed by atoms with E-state index in [0.717, 1.165) is 6.42 Å². The maximum absolute atomic E-state index is 3.13. The van der Waals surface area contributed by atoms with Crippen LogP contribution in [0.5, 0.6) is 0 Å². The van der Waals surface area contributed by atoms with Gasteiger partial charge < -0.3 is 10.6 Å². The summed E-state index contributed by atoms with van der Waals surface area (Å²) in [5, 5.41) is 5.88. The Morgan fingerprint density at radius 2 is 0.735 bits per heavy atom. The van der Waals surface area contributed by atoms with Crippen LogP contribution < -0.4 is 10.6 Å². The van der Waals surface area contributed by atoms with Crippen molar-refractivity contribution in [1.82, 2.24) is 10.6 Å². The third-order valence-corrected chi connectivity index (χ3v) is 7.94. The molecule has 0 spiro atoms. The first-order chi connectivity index (χ1) is 15.9. The maximum Gasteiger partial charge on any atom is -0.00149 e. The Balaban J connectivity index is 0.000000830. The molecule has 2 N–H and O–H groups in total. The van der Waals surface area contributed by atoms with E-state index < -0.39 is 0 Å². The van der Waals surface area contributed by atoms with Gasteiger partial charge in [-0.25, -0.2) is 0 Å². The molecule has 0 saturated carbocycles. The lowest BCUT2D eigenvalue weighted by molar-refractivity contribution is 0.634. The summed E-state index contributed by atoms with van der Waals surface area (Å²) in [4.78, 5) is 0. The summed E-state index contributed by atoms with van der Waals surface area (Å²) in [5.41, 5.74) is 17.7. The topological polar surface area (TPSA) is 24.1 Å². The molecular formula is C32H56N2. The Morgan fingerprint density at radius 1 is 0.441 bits per heavy atom. The Kier molecular flexibility index (Phi) is 15.3. The smallest absolute Gasteiger partial charge is 0.00149 e. The van der Waals surface area contributed by atoms with E-state index in [9.17, 15) is 0 Å². The van der Waals surface area contributed by atoms with Crippen molar-refractivity contribution in [1.29, 1.82) is 0 Å². The highest BCUT2D eigenvalue weighted by molar-refractivity contribution is 5.55. The molecule has 0 unspecified atom stereocenters. The zero-order chi connectivity index (χ0) is 26.6. The maximum atomic E-state index is 3.13. The summed E-state index contributed by atoms with van der Waals surface area (Å²) in [5.74, 6) is 0. The van der Waals surface area contributed by atoms with Gasteiger partial charge in [0.1, 0.15) is 0 Å². The Bertz CT molecular complexity index is 775. The minimum atomic E-state index is 1.05. The molecule has 0 saturated heterocycles. The fraction of sp³-hybridized carbons (Fsp3) is 0.625. The van der Waals surface area contributed by atoms with Gasteiger partial charge in [0.2, 0.25) is 0 Å². The van der Waals surface area contributed by atoms with Gasteiger partial charge >= 0.3 is 0 Å². The van der Waals surface area contributed by atoms with Crippen LogP contribution in [0.2, 0.25) is 0 Å². The quantitative estimate of drug-likeness (QED) is 0.402. The van der Waals surface area contributed by atoms with Crippen LogP contribution in [0.3, 0.4) is 0 Å². The highest BCUT2D eigenvalue weighted by Gasteiger charge is 2.17. The van der Waals surface area contributed by atoms with Crippen molar-refractivity contribution < 1.29 is 0 Å². The lowest BCUT2D eigenvalue weighted by Crippen LogP contribution is -2.08.